The van der Waals surface area contributed by atoms with E-state index in [9.17, 15) is 9.59 Å². The Morgan fingerprint density at radius 2 is 1.64 bits per heavy atom. The quantitative estimate of drug-likeness (QED) is 0.350. The summed E-state index contributed by atoms with van der Waals surface area (Å²) in [6.45, 7) is 1.46. The molecule has 0 saturated carbocycles. The number of aromatic nitrogens is 2. The molecule has 33 heavy (non-hydrogen) atoms. The van der Waals surface area contributed by atoms with Gasteiger partial charge >= 0.3 is 5.97 Å². The summed E-state index contributed by atoms with van der Waals surface area (Å²) in [7, 11) is 0. The van der Waals surface area contributed by atoms with Crippen LogP contribution in [0, 0.1) is 6.92 Å². The van der Waals surface area contributed by atoms with Crippen LogP contribution in [-0.2, 0) is 9.53 Å². The normalized spacial score (nSPS) is 10.9. The molecule has 2 heterocycles. The molecule has 0 aliphatic heterocycles. The Bertz CT molecular complexity index is 1480. The summed E-state index contributed by atoms with van der Waals surface area (Å²) in [5.41, 5.74) is 4.13. The molecule has 0 fully saturated rings. The van der Waals surface area contributed by atoms with Crippen molar-refractivity contribution in [2.24, 2.45) is 0 Å². The predicted octanol–water partition coefficient (Wildman–Crippen LogP) is 5.62. The average molecular weight is 454 g/mol. The van der Waals surface area contributed by atoms with Crippen LogP contribution in [0.5, 0.6) is 0 Å². The third kappa shape index (κ3) is 4.31. The number of hydrogen-bond donors (Lipinski definition) is 1. The lowest BCUT2D eigenvalue weighted by atomic mass is 10.1. The SMILES string of the molecule is Cc1cc(NC(=O)COC(=O)c2ccccc2-c2nc3ccccc3s2)c2ccccc2n1. The van der Waals surface area contributed by atoms with Crippen molar-refractivity contribution in [2.45, 2.75) is 6.92 Å². The number of aryl methyl sites for hydroxylation is 1. The number of nitrogens with one attached hydrogen (secondary N) is 1. The molecule has 0 bridgehead atoms. The van der Waals surface area contributed by atoms with Crippen LogP contribution < -0.4 is 5.32 Å². The van der Waals surface area contributed by atoms with Gasteiger partial charge in [0.25, 0.3) is 5.91 Å². The maximum absolute atomic E-state index is 12.8. The number of carbonyl (C=O) groups excluding carboxylic acids is 2. The van der Waals surface area contributed by atoms with Crippen molar-refractivity contribution in [2.75, 3.05) is 11.9 Å². The number of hydrogen-bond acceptors (Lipinski definition) is 6. The standard InChI is InChI=1S/C26H19N3O3S/c1-16-14-22(19-10-4-5-11-20(19)27-16)28-24(30)15-32-26(31)18-9-3-2-8-17(18)25-29-21-12-6-7-13-23(21)33-25/h2-14H,15H2,1H3,(H,27,28,30). The minimum atomic E-state index is -0.573. The lowest BCUT2D eigenvalue weighted by Crippen LogP contribution is -2.21. The maximum Gasteiger partial charge on any atom is 0.339 e. The van der Waals surface area contributed by atoms with Gasteiger partial charge in [-0.3, -0.25) is 9.78 Å². The van der Waals surface area contributed by atoms with Gasteiger partial charge in [0.1, 0.15) is 5.01 Å². The second-order valence-electron chi connectivity index (χ2n) is 7.48. The highest BCUT2D eigenvalue weighted by Crippen LogP contribution is 2.32. The monoisotopic (exact) mass is 453 g/mol. The van der Waals surface area contributed by atoms with Gasteiger partial charge in [-0.2, -0.15) is 0 Å². The Morgan fingerprint density at radius 1 is 0.909 bits per heavy atom. The molecule has 6 nitrogen and oxygen atoms in total. The third-order valence-electron chi connectivity index (χ3n) is 5.12. The van der Waals surface area contributed by atoms with Crippen LogP contribution in [-0.4, -0.2) is 28.5 Å². The van der Waals surface area contributed by atoms with Crippen molar-refractivity contribution in [3.05, 3.63) is 90.1 Å². The molecule has 3 aromatic carbocycles. The van der Waals surface area contributed by atoms with Crippen LogP contribution in [0.4, 0.5) is 5.69 Å². The topological polar surface area (TPSA) is 81.2 Å². The van der Waals surface area contributed by atoms with Crippen LogP contribution in [0.15, 0.2) is 78.9 Å². The van der Waals surface area contributed by atoms with E-state index in [1.54, 1.807) is 18.2 Å². The molecule has 5 rings (SSSR count). The first-order chi connectivity index (χ1) is 16.1. The van der Waals surface area contributed by atoms with E-state index in [4.69, 9.17) is 4.74 Å². The fraction of sp³-hybridized carbons (Fsp3) is 0.0769. The molecule has 0 unspecified atom stereocenters. The van der Waals surface area contributed by atoms with Gasteiger partial charge in [-0.25, -0.2) is 9.78 Å². The molecular weight excluding hydrogens is 434 g/mol. The van der Waals surface area contributed by atoms with Gasteiger partial charge in [-0.15, -0.1) is 11.3 Å². The molecule has 0 atom stereocenters. The summed E-state index contributed by atoms with van der Waals surface area (Å²) in [4.78, 5) is 34.5. The highest BCUT2D eigenvalue weighted by Gasteiger charge is 2.18. The first-order valence-electron chi connectivity index (χ1n) is 10.4. The first-order valence-corrected chi connectivity index (χ1v) is 11.2. The van der Waals surface area contributed by atoms with Crippen LogP contribution in [0.3, 0.4) is 0 Å². The summed E-state index contributed by atoms with van der Waals surface area (Å²) < 4.78 is 6.39. The molecular formula is C26H19N3O3S. The van der Waals surface area contributed by atoms with Crippen molar-refractivity contribution in [3.63, 3.8) is 0 Å². The minimum absolute atomic E-state index is 0.370. The van der Waals surface area contributed by atoms with Gasteiger partial charge in [0, 0.05) is 16.6 Å². The van der Waals surface area contributed by atoms with E-state index >= 15 is 0 Å². The molecule has 0 radical (unpaired) electrons. The van der Waals surface area contributed by atoms with Crippen LogP contribution >= 0.6 is 11.3 Å². The third-order valence-corrected chi connectivity index (χ3v) is 6.19. The van der Waals surface area contributed by atoms with Gasteiger partial charge in [-0.05, 0) is 37.3 Å². The lowest BCUT2D eigenvalue weighted by molar-refractivity contribution is -0.119. The van der Waals surface area contributed by atoms with E-state index in [1.165, 1.54) is 11.3 Å². The summed E-state index contributed by atoms with van der Waals surface area (Å²) >= 11 is 1.51. The number of para-hydroxylation sites is 2. The molecule has 2 aromatic heterocycles. The van der Waals surface area contributed by atoms with E-state index in [-0.39, 0.29) is 0 Å². The first kappa shape index (κ1) is 20.8. The molecule has 162 valence electrons. The number of ether oxygens (including phenoxy) is 1. The fourth-order valence-electron chi connectivity index (χ4n) is 3.64. The van der Waals surface area contributed by atoms with Crippen molar-refractivity contribution in [3.8, 4) is 10.6 Å². The molecule has 1 N–H and O–H groups in total. The second-order valence-corrected chi connectivity index (χ2v) is 8.52. The Balaban J connectivity index is 1.33. The Morgan fingerprint density at radius 3 is 2.48 bits per heavy atom. The summed E-state index contributed by atoms with van der Waals surface area (Å²) in [5.74, 6) is -0.993. The number of amides is 1. The zero-order valence-electron chi connectivity index (χ0n) is 17.7. The van der Waals surface area contributed by atoms with E-state index in [1.807, 2.05) is 67.6 Å². The highest BCUT2D eigenvalue weighted by molar-refractivity contribution is 7.21. The van der Waals surface area contributed by atoms with Gasteiger partial charge in [0.05, 0.1) is 27.0 Å². The number of thiazole rings is 1. The van der Waals surface area contributed by atoms with Crippen LogP contribution in [0.2, 0.25) is 0 Å². The Hall–Kier alpha value is -4.10. The number of pyridine rings is 1. The molecule has 0 aliphatic carbocycles. The molecule has 0 spiro atoms. The average Bonchev–Trinajstić information content (AvgIpc) is 3.27. The van der Waals surface area contributed by atoms with Gasteiger partial charge < -0.3 is 10.1 Å². The number of carbonyl (C=O) groups is 2. The highest BCUT2D eigenvalue weighted by atomic mass is 32.1. The molecule has 5 aromatic rings. The molecule has 7 heteroatoms. The van der Waals surface area contributed by atoms with Crippen molar-refractivity contribution >= 4 is 50.0 Å². The largest absolute Gasteiger partial charge is 0.452 e. The van der Waals surface area contributed by atoms with Gasteiger partial charge in [0.2, 0.25) is 0 Å². The maximum atomic E-state index is 12.8. The predicted molar refractivity (Wildman–Crippen MR) is 130 cm³/mol. The number of anilines is 1. The molecule has 0 aliphatic rings. The zero-order chi connectivity index (χ0) is 22.8. The minimum Gasteiger partial charge on any atom is -0.452 e. The van der Waals surface area contributed by atoms with E-state index in [0.29, 0.717) is 16.8 Å². The number of benzene rings is 3. The van der Waals surface area contributed by atoms with Gasteiger partial charge in [0.15, 0.2) is 6.61 Å². The Labute approximate surface area is 193 Å². The van der Waals surface area contributed by atoms with E-state index in [0.717, 1.165) is 31.8 Å². The van der Waals surface area contributed by atoms with Crippen molar-refractivity contribution < 1.29 is 14.3 Å². The van der Waals surface area contributed by atoms with Crippen molar-refractivity contribution in [1.29, 1.82) is 0 Å². The number of nitrogens with zero attached hydrogens (tertiary/aromatic N) is 2. The zero-order valence-corrected chi connectivity index (χ0v) is 18.6. The molecule has 1 amide bonds. The van der Waals surface area contributed by atoms with E-state index in [2.05, 4.69) is 15.3 Å². The van der Waals surface area contributed by atoms with Crippen LogP contribution in [0.25, 0.3) is 31.7 Å². The summed E-state index contributed by atoms with van der Waals surface area (Å²) in [6.07, 6.45) is 0. The second kappa shape index (κ2) is 8.80. The number of rotatable bonds is 5. The van der Waals surface area contributed by atoms with Crippen LogP contribution in [0.1, 0.15) is 16.1 Å². The smallest absolute Gasteiger partial charge is 0.339 e. The number of fused-ring (bicyclic) bond motifs is 2. The fourth-order valence-corrected chi connectivity index (χ4v) is 4.65. The lowest BCUT2D eigenvalue weighted by Gasteiger charge is -2.11. The summed E-state index contributed by atoms with van der Waals surface area (Å²) in [6, 6.07) is 24.3. The number of esters is 1. The van der Waals surface area contributed by atoms with E-state index < -0.39 is 18.5 Å². The van der Waals surface area contributed by atoms with Gasteiger partial charge in [-0.1, -0.05) is 48.5 Å². The Kier molecular flexibility index (Phi) is 5.54. The van der Waals surface area contributed by atoms with Crippen molar-refractivity contribution in [1.82, 2.24) is 9.97 Å². The molecule has 0 saturated heterocycles. The summed E-state index contributed by atoms with van der Waals surface area (Å²) in [5, 5.41) is 4.38.